The van der Waals surface area contributed by atoms with Crippen LogP contribution in [0.2, 0.25) is 0 Å². The minimum Gasteiger partial charge on any atom is -0.314 e. The number of hydrogen-bond acceptors (Lipinski definition) is 2. The molecule has 0 saturated carbocycles. The van der Waals surface area contributed by atoms with E-state index in [-0.39, 0.29) is 0 Å². The van der Waals surface area contributed by atoms with Crippen LogP contribution >= 0.6 is 15.9 Å². The van der Waals surface area contributed by atoms with Crippen molar-refractivity contribution in [2.75, 3.05) is 26.2 Å². The molecule has 1 unspecified atom stereocenters. The Morgan fingerprint density at radius 1 is 1.35 bits per heavy atom. The zero-order valence-electron chi connectivity index (χ0n) is 10.7. The number of benzene rings is 1. The fourth-order valence-electron chi connectivity index (χ4n) is 2.57. The number of nitrogens with one attached hydrogen (secondary N) is 1. The summed E-state index contributed by atoms with van der Waals surface area (Å²) in [5, 5.41) is 3.42. The third kappa shape index (κ3) is 3.09. The zero-order chi connectivity index (χ0) is 12.3. The lowest BCUT2D eigenvalue weighted by molar-refractivity contribution is 0.169. The van der Waals surface area contributed by atoms with Crippen LogP contribution in [0.25, 0.3) is 0 Å². The van der Waals surface area contributed by atoms with Crippen LogP contribution in [0.15, 0.2) is 22.7 Å². The van der Waals surface area contributed by atoms with Crippen LogP contribution in [0.1, 0.15) is 30.5 Å². The van der Waals surface area contributed by atoms with Crippen molar-refractivity contribution in [3.8, 4) is 0 Å². The van der Waals surface area contributed by atoms with Gasteiger partial charge in [0.2, 0.25) is 0 Å². The lowest BCUT2D eigenvalue weighted by Gasteiger charge is -2.35. The van der Waals surface area contributed by atoms with Gasteiger partial charge in [0, 0.05) is 36.7 Å². The van der Waals surface area contributed by atoms with E-state index in [1.807, 2.05) is 0 Å². The maximum Gasteiger partial charge on any atom is 0.0346 e. The molecular weight excluding hydrogens is 276 g/mol. The average molecular weight is 297 g/mol. The Kier molecular flexibility index (Phi) is 4.60. The summed E-state index contributed by atoms with van der Waals surface area (Å²) in [6, 6.07) is 7.33. The molecule has 0 spiro atoms. The first-order valence-corrected chi connectivity index (χ1v) is 7.22. The van der Waals surface area contributed by atoms with E-state index >= 15 is 0 Å². The van der Waals surface area contributed by atoms with E-state index in [1.54, 1.807) is 0 Å². The highest BCUT2D eigenvalue weighted by molar-refractivity contribution is 9.10. The van der Waals surface area contributed by atoms with Crippen LogP contribution in [-0.2, 0) is 0 Å². The van der Waals surface area contributed by atoms with Crippen molar-refractivity contribution < 1.29 is 0 Å². The molecule has 1 heterocycles. The minimum absolute atomic E-state index is 0.573. The van der Waals surface area contributed by atoms with Crippen LogP contribution in [0.4, 0.5) is 0 Å². The van der Waals surface area contributed by atoms with Gasteiger partial charge >= 0.3 is 0 Å². The number of halogens is 1. The van der Waals surface area contributed by atoms with Crippen molar-refractivity contribution in [1.82, 2.24) is 10.2 Å². The summed E-state index contributed by atoms with van der Waals surface area (Å²) in [4.78, 5) is 2.60. The van der Waals surface area contributed by atoms with E-state index in [4.69, 9.17) is 0 Å². The van der Waals surface area contributed by atoms with Gasteiger partial charge in [-0.15, -0.1) is 0 Å². The molecule has 0 amide bonds. The van der Waals surface area contributed by atoms with Gasteiger partial charge in [-0.25, -0.2) is 0 Å². The molecule has 2 nitrogen and oxygen atoms in total. The van der Waals surface area contributed by atoms with Crippen molar-refractivity contribution in [1.29, 1.82) is 0 Å². The van der Waals surface area contributed by atoms with Gasteiger partial charge in [-0.2, -0.15) is 0 Å². The molecule has 1 aromatic carbocycles. The molecule has 0 bridgehead atoms. The van der Waals surface area contributed by atoms with Gasteiger partial charge in [-0.05, 0) is 30.5 Å². The highest BCUT2D eigenvalue weighted by Crippen LogP contribution is 2.27. The van der Waals surface area contributed by atoms with Crippen molar-refractivity contribution in [3.05, 3.63) is 33.8 Å². The average Bonchev–Trinajstić information content (AvgIpc) is 2.36. The normalized spacial score (nSPS) is 19.2. The molecule has 0 aromatic heterocycles. The molecule has 1 fully saturated rings. The van der Waals surface area contributed by atoms with Crippen molar-refractivity contribution in [3.63, 3.8) is 0 Å². The molecule has 2 rings (SSSR count). The fraction of sp³-hybridized carbons (Fsp3) is 0.571. The third-order valence-corrected chi connectivity index (χ3v) is 4.44. The molecule has 1 saturated heterocycles. The molecule has 1 aliphatic heterocycles. The van der Waals surface area contributed by atoms with E-state index in [1.165, 1.54) is 22.0 Å². The lowest BCUT2D eigenvalue weighted by Crippen LogP contribution is -2.45. The summed E-state index contributed by atoms with van der Waals surface area (Å²) in [6.45, 7) is 9.00. The molecule has 94 valence electrons. The maximum absolute atomic E-state index is 3.57. The number of nitrogens with zero attached hydrogens (tertiary/aromatic N) is 1. The maximum atomic E-state index is 3.57. The summed E-state index contributed by atoms with van der Waals surface area (Å²) >= 11 is 3.57. The molecule has 17 heavy (non-hydrogen) atoms. The first kappa shape index (κ1) is 13.1. The molecule has 1 aliphatic rings. The Labute approximate surface area is 113 Å². The quantitative estimate of drug-likeness (QED) is 0.922. The van der Waals surface area contributed by atoms with Crippen LogP contribution in [0, 0.1) is 6.92 Å². The smallest absolute Gasteiger partial charge is 0.0346 e. The Balaban J connectivity index is 2.18. The van der Waals surface area contributed by atoms with Gasteiger partial charge in [0.05, 0.1) is 0 Å². The number of rotatable bonds is 3. The molecule has 1 aromatic rings. The number of aryl methyl sites for hydroxylation is 1. The SMILES string of the molecule is CCC(c1ccc(Br)c(C)c1)N1CCNCC1. The Morgan fingerprint density at radius 3 is 2.65 bits per heavy atom. The standard InChI is InChI=1S/C14H21BrN2/c1-3-14(17-8-6-16-7-9-17)12-4-5-13(15)11(2)10-12/h4-5,10,14,16H,3,6-9H2,1-2H3. The van der Waals surface area contributed by atoms with Crippen molar-refractivity contribution in [2.45, 2.75) is 26.3 Å². The van der Waals surface area contributed by atoms with E-state index in [0.717, 1.165) is 26.2 Å². The molecule has 0 radical (unpaired) electrons. The van der Waals surface area contributed by atoms with Gasteiger partial charge < -0.3 is 5.32 Å². The number of piperazine rings is 1. The molecular formula is C14H21BrN2. The first-order chi connectivity index (χ1) is 8.22. The summed E-state index contributed by atoms with van der Waals surface area (Å²) in [5.41, 5.74) is 2.78. The molecule has 0 aliphatic carbocycles. The second kappa shape index (κ2) is 5.98. The van der Waals surface area contributed by atoms with Crippen LogP contribution < -0.4 is 5.32 Å². The van der Waals surface area contributed by atoms with Crippen molar-refractivity contribution >= 4 is 15.9 Å². The van der Waals surface area contributed by atoms with Gasteiger partial charge in [-0.3, -0.25) is 4.90 Å². The fourth-order valence-corrected chi connectivity index (χ4v) is 2.82. The zero-order valence-corrected chi connectivity index (χ0v) is 12.3. The van der Waals surface area contributed by atoms with Gasteiger partial charge in [0.25, 0.3) is 0 Å². The Morgan fingerprint density at radius 2 is 2.06 bits per heavy atom. The largest absolute Gasteiger partial charge is 0.314 e. The molecule has 1 N–H and O–H groups in total. The second-order valence-electron chi connectivity index (χ2n) is 4.72. The molecule has 1 atom stereocenters. The summed E-state index contributed by atoms with van der Waals surface area (Å²) in [5.74, 6) is 0. The van der Waals surface area contributed by atoms with E-state index in [0.29, 0.717) is 6.04 Å². The summed E-state index contributed by atoms with van der Waals surface area (Å²) in [7, 11) is 0. The Hall–Kier alpha value is -0.380. The van der Waals surface area contributed by atoms with Gasteiger partial charge in [0.1, 0.15) is 0 Å². The molecule has 3 heteroatoms. The first-order valence-electron chi connectivity index (χ1n) is 6.43. The summed E-state index contributed by atoms with van der Waals surface area (Å²) < 4.78 is 1.21. The highest BCUT2D eigenvalue weighted by Gasteiger charge is 2.20. The summed E-state index contributed by atoms with van der Waals surface area (Å²) in [6.07, 6.45) is 1.18. The predicted octanol–water partition coefficient (Wildman–Crippen LogP) is 3.11. The van der Waals surface area contributed by atoms with Crippen LogP contribution in [0.5, 0.6) is 0 Å². The Bertz CT molecular complexity index is 372. The predicted molar refractivity (Wildman–Crippen MR) is 76.4 cm³/mol. The minimum atomic E-state index is 0.573. The van der Waals surface area contributed by atoms with Crippen molar-refractivity contribution in [2.24, 2.45) is 0 Å². The van der Waals surface area contributed by atoms with E-state index in [9.17, 15) is 0 Å². The van der Waals surface area contributed by atoms with E-state index in [2.05, 4.69) is 58.2 Å². The van der Waals surface area contributed by atoms with E-state index < -0.39 is 0 Å². The van der Waals surface area contributed by atoms with Crippen LogP contribution in [0.3, 0.4) is 0 Å². The topological polar surface area (TPSA) is 15.3 Å². The lowest BCUT2D eigenvalue weighted by atomic mass is 10.0. The third-order valence-electron chi connectivity index (χ3n) is 3.55. The number of hydrogen-bond donors (Lipinski definition) is 1. The monoisotopic (exact) mass is 296 g/mol. The second-order valence-corrected chi connectivity index (χ2v) is 5.57. The van der Waals surface area contributed by atoms with Crippen LogP contribution in [-0.4, -0.2) is 31.1 Å². The van der Waals surface area contributed by atoms with Gasteiger partial charge in [-0.1, -0.05) is 35.0 Å². The van der Waals surface area contributed by atoms with Gasteiger partial charge in [0.15, 0.2) is 0 Å². The highest BCUT2D eigenvalue weighted by atomic mass is 79.9.